The number of nitrogens with zero attached hydrogens (tertiary/aromatic N) is 2. The van der Waals surface area contributed by atoms with Crippen LogP contribution in [0.3, 0.4) is 0 Å². The average Bonchev–Trinajstić information content (AvgIpc) is 2.75. The van der Waals surface area contributed by atoms with Crippen molar-refractivity contribution in [3.8, 4) is 5.69 Å². The Balaban J connectivity index is 2.04. The molecule has 1 N–H and O–H groups in total. The van der Waals surface area contributed by atoms with E-state index in [1.807, 2.05) is 28.9 Å². The van der Waals surface area contributed by atoms with Crippen LogP contribution in [0.4, 0.5) is 0 Å². The summed E-state index contributed by atoms with van der Waals surface area (Å²) < 4.78 is 2.00. The van der Waals surface area contributed by atoms with Gasteiger partial charge in [-0.05, 0) is 63.4 Å². The summed E-state index contributed by atoms with van der Waals surface area (Å²) in [4.78, 5) is 0. The molecule has 0 saturated carbocycles. The van der Waals surface area contributed by atoms with Crippen LogP contribution in [0.25, 0.3) is 5.69 Å². The summed E-state index contributed by atoms with van der Waals surface area (Å²) in [5.74, 6) is 0.618. The third-order valence-corrected chi connectivity index (χ3v) is 4.49. The van der Waals surface area contributed by atoms with Crippen LogP contribution in [-0.2, 0) is 0 Å². The van der Waals surface area contributed by atoms with E-state index in [1.165, 1.54) is 24.1 Å². The number of benzene rings is 1. The fraction of sp³-hybridized carbons (Fsp3) is 0.438. The van der Waals surface area contributed by atoms with Crippen molar-refractivity contribution < 1.29 is 0 Å². The number of aryl methyl sites for hydroxylation is 1. The molecule has 0 radical (unpaired) electrons. The Kier molecular flexibility index (Phi) is 3.81. The second-order valence-electron chi connectivity index (χ2n) is 5.47. The molecule has 0 spiro atoms. The molecule has 2 heterocycles. The first-order valence-corrected chi connectivity index (χ1v) is 7.58. The summed E-state index contributed by atoms with van der Waals surface area (Å²) in [5.41, 5.74) is 4.73. The number of piperidine rings is 1. The van der Waals surface area contributed by atoms with Crippen LogP contribution in [0.1, 0.15) is 35.7 Å². The second-order valence-corrected chi connectivity index (χ2v) is 5.88. The highest BCUT2D eigenvalue weighted by Gasteiger charge is 2.23. The standard InChI is InChI=1S/C16H20ClN3/c1-11-16(13-7-9-18-10-8-13)12(2)20(19-11)15-6-4-3-5-14(15)17/h3-6,13,18H,7-10H2,1-2H3. The lowest BCUT2D eigenvalue weighted by Gasteiger charge is -2.23. The maximum Gasteiger partial charge on any atom is 0.0835 e. The summed E-state index contributed by atoms with van der Waals surface area (Å²) >= 11 is 6.31. The molecule has 0 atom stereocenters. The van der Waals surface area contributed by atoms with Crippen LogP contribution in [0.2, 0.25) is 5.02 Å². The average molecular weight is 290 g/mol. The molecule has 1 aromatic carbocycles. The van der Waals surface area contributed by atoms with E-state index < -0.39 is 0 Å². The molecule has 106 valence electrons. The van der Waals surface area contributed by atoms with Crippen molar-refractivity contribution in [3.05, 3.63) is 46.2 Å². The molecule has 1 fully saturated rings. The Labute approximate surface area is 124 Å². The van der Waals surface area contributed by atoms with Gasteiger partial charge in [0.15, 0.2) is 0 Å². The minimum absolute atomic E-state index is 0.618. The quantitative estimate of drug-likeness (QED) is 0.915. The molecule has 1 aliphatic rings. The van der Waals surface area contributed by atoms with Crippen molar-refractivity contribution in [3.63, 3.8) is 0 Å². The Hall–Kier alpha value is -1.32. The molecular formula is C16H20ClN3. The molecule has 0 bridgehead atoms. The van der Waals surface area contributed by atoms with Crippen molar-refractivity contribution in [2.24, 2.45) is 0 Å². The Morgan fingerprint density at radius 1 is 1.20 bits per heavy atom. The zero-order valence-corrected chi connectivity index (χ0v) is 12.7. The normalized spacial score (nSPS) is 16.6. The van der Waals surface area contributed by atoms with Crippen molar-refractivity contribution in [1.29, 1.82) is 0 Å². The summed E-state index contributed by atoms with van der Waals surface area (Å²) in [6.07, 6.45) is 2.38. The molecule has 3 nitrogen and oxygen atoms in total. The van der Waals surface area contributed by atoms with Gasteiger partial charge in [0.25, 0.3) is 0 Å². The summed E-state index contributed by atoms with van der Waals surface area (Å²) in [6, 6.07) is 7.89. The minimum Gasteiger partial charge on any atom is -0.317 e. The van der Waals surface area contributed by atoms with E-state index in [0.29, 0.717) is 5.92 Å². The third kappa shape index (κ3) is 2.36. The van der Waals surface area contributed by atoms with Gasteiger partial charge >= 0.3 is 0 Å². The molecule has 1 saturated heterocycles. The molecule has 20 heavy (non-hydrogen) atoms. The van der Waals surface area contributed by atoms with E-state index in [2.05, 4.69) is 19.2 Å². The van der Waals surface area contributed by atoms with Crippen molar-refractivity contribution in [2.75, 3.05) is 13.1 Å². The highest BCUT2D eigenvalue weighted by Crippen LogP contribution is 2.32. The van der Waals surface area contributed by atoms with Crippen LogP contribution >= 0.6 is 11.6 Å². The summed E-state index contributed by atoms with van der Waals surface area (Å²) in [5, 5.41) is 8.90. The summed E-state index contributed by atoms with van der Waals surface area (Å²) in [7, 11) is 0. The monoisotopic (exact) mass is 289 g/mol. The van der Waals surface area contributed by atoms with E-state index in [9.17, 15) is 0 Å². The molecular weight excluding hydrogens is 270 g/mol. The first-order valence-electron chi connectivity index (χ1n) is 7.20. The maximum atomic E-state index is 6.31. The number of nitrogens with one attached hydrogen (secondary N) is 1. The lowest BCUT2D eigenvalue weighted by Crippen LogP contribution is -2.27. The van der Waals surface area contributed by atoms with Gasteiger partial charge in [-0.1, -0.05) is 23.7 Å². The van der Waals surface area contributed by atoms with Gasteiger partial charge in [0.05, 0.1) is 16.4 Å². The van der Waals surface area contributed by atoms with Gasteiger partial charge in [0, 0.05) is 5.69 Å². The van der Waals surface area contributed by atoms with Crippen LogP contribution in [0.15, 0.2) is 24.3 Å². The Bertz CT molecular complexity index is 612. The number of aromatic nitrogens is 2. The second kappa shape index (κ2) is 5.58. The maximum absolute atomic E-state index is 6.31. The number of para-hydroxylation sites is 1. The highest BCUT2D eigenvalue weighted by atomic mass is 35.5. The smallest absolute Gasteiger partial charge is 0.0835 e. The van der Waals surface area contributed by atoms with E-state index in [1.54, 1.807) is 0 Å². The Morgan fingerprint density at radius 3 is 2.60 bits per heavy atom. The third-order valence-electron chi connectivity index (χ3n) is 4.18. The first-order chi connectivity index (χ1) is 9.68. The molecule has 0 amide bonds. The minimum atomic E-state index is 0.618. The van der Waals surface area contributed by atoms with Gasteiger partial charge in [-0.25, -0.2) is 4.68 Å². The number of rotatable bonds is 2. The fourth-order valence-corrected chi connectivity index (χ4v) is 3.43. The fourth-order valence-electron chi connectivity index (χ4n) is 3.21. The van der Waals surface area contributed by atoms with Gasteiger partial charge in [-0.2, -0.15) is 5.10 Å². The number of hydrogen-bond acceptors (Lipinski definition) is 2. The van der Waals surface area contributed by atoms with E-state index in [4.69, 9.17) is 16.7 Å². The zero-order chi connectivity index (χ0) is 14.1. The molecule has 1 aromatic heterocycles. The summed E-state index contributed by atoms with van der Waals surface area (Å²) in [6.45, 7) is 6.46. The lowest BCUT2D eigenvalue weighted by atomic mass is 9.89. The zero-order valence-electron chi connectivity index (χ0n) is 12.0. The van der Waals surface area contributed by atoms with Gasteiger partial charge in [-0.15, -0.1) is 0 Å². The van der Waals surface area contributed by atoms with Crippen molar-refractivity contribution in [2.45, 2.75) is 32.6 Å². The van der Waals surface area contributed by atoms with Crippen molar-refractivity contribution >= 4 is 11.6 Å². The van der Waals surface area contributed by atoms with Crippen LogP contribution in [-0.4, -0.2) is 22.9 Å². The molecule has 2 aromatic rings. The SMILES string of the molecule is Cc1nn(-c2ccccc2Cl)c(C)c1C1CCNCC1. The van der Waals surface area contributed by atoms with Crippen molar-refractivity contribution in [1.82, 2.24) is 15.1 Å². The predicted octanol–water partition coefficient (Wildman–Crippen LogP) is 3.61. The van der Waals surface area contributed by atoms with E-state index >= 15 is 0 Å². The molecule has 0 aliphatic carbocycles. The van der Waals surface area contributed by atoms with Gasteiger partial charge in [0.1, 0.15) is 0 Å². The molecule has 0 unspecified atom stereocenters. The number of halogens is 1. The largest absolute Gasteiger partial charge is 0.317 e. The van der Waals surface area contributed by atoms with Gasteiger partial charge in [0.2, 0.25) is 0 Å². The van der Waals surface area contributed by atoms with E-state index in [0.717, 1.165) is 29.5 Å². The van der Waals surface area contributed by atoms with Crippen LogP contribution in [0.5, 0.6) is 0 Å². The molecule has 1 aliphatic heterocycles. The van der Waals surface area contributed by atoms with Gasteiger partial charge < -0.3 is 5.32 Å². The number of hydrogen-bond donors (Lipinski definition) is 1. The van der Waals surface area contributed by atoms with Crippen LogP contribution in [0, 0.1) is 13.8 Å². The van der Waals surface area contributed by atoms with Crippen LogP contribution < -0.4 is 5.32 Å². The topological polar surface area (TPSA) is 29.9 Å². The van der Waals surface area contributed by atoms with Gasteiger partial charge in [-0.3, -0.25) is 0 Å². The molecule has 4 heteroatoms. The first kappa shape index (κ1) is 13.7. The predicted molar refractivity (Wildman–Crippen MR) is 82.9 cm³/mol. The molecule has 3 rings (SSSR count). The highest BCUT2D eigenvalue weighted by molar-refractivity contribution is 6.32. The van der Waals surface area contributed by atoms with E-state index in [-0.39, 0.29) is 0 Å². The lowest BCUT2D eigenvalue weighted by molar-refractivity contribution is 0.458. The Morgan fingerprint density at radius 2 is 1.90 bits per heavy atom.